The molecule has 0 fully saturated rings. The van der Waals surface area contributed by atoms with Crippen molar-refractivity contribution >= 4 is 17.8 Å². The van der Waals surface area contributed by atoms with Gasteiger partial charge in [0.2, 0.25) is 4.87 Å². The van der Waals surface area contributed by atoms with Gasteiger partial charge in [-0.25, -0.2) is 9.78 Å². The van der Waals surface area contributed by atoms with Gasteiger partial charge in [0.15, 0.2) is 11.0 Å². The molecule has 0 aliphatic carbocycles. The van der Waals surface area contributed by atoms with E-state index in [4.69, 9.17) is 4.74 Å². The number of hydrogen-bond donors (Lipinski definition) is 1. The number of methoxy groups -OCH3 is 1. The van der Waals surface area contributed by atoms with E-state index in [1.165, 1.54) is 31.4 Å². The fraction of sp³-hybridized carbons (Fsp3) is 0.250. The summed E-state index contributed by atoms with van der Waals surface area (Å²) < 4.78 is 48.5. The first-order chi connectivity index (χ1) is 14.3. The van der Waals surface area contributed by atoms with E-state index in [-0.39, 0.29) is 16.5 Å². The van der Waals surface area contributed by atoms with Crippen molar-refractivity contribution in [3.8, 4) is 17.1 Å². The molecule has 0 spiro atoms. The number of carbonyl (C=O) groups is 1. The van der Waals surface area contributed by atoms with Crippen LogP contribution in [0.25, 0.3) is 11.4 Å². The molecule has 2 aromatic carbocycles. The lowest BCUT2D eigenvalue weighted by Crippen LogP contribution is -2.57. The zero-order valence-electron chi connectivity index (χ0n) is 16.0. The van der Waals surface area contributed by atoms with Gasteiger partial charge in [-0.3, -0.25) is 0 Å². The van der Waals surface area contributed by atoms with Crippen molar-refractivity contribution in [3.05, 3.63) is 59.7 Å². The number of carbonyl (C=O) groups excluding carboxylic acids is 1. The normalized spacial score (nSPS) is 18.6. The van der Waals surface area contributed by atoms with Crippen molar-refractivity contribution in [2.24, 2.45) is 0 Å². The van der Waals surface area contributed by atoms with Gasteiger partial charge in [0.1, 0.15) is 5.75 Å². The van der Waals surface area contributed by atoms with Gasteiger partial charge >= 0.3 is 12.2 Å². The van der Waals surface area contributed by atoms with Crippen LogP contribution in [0.2, 0.25) is 0 Å². The summed E-state index contributed by atoms with van der Waals surface area (Å²) >= 11 is 0.396. The molecule has 2 heterocycles. The summed E-state index contributed by atoms with van der Waals surface area (Å²) in [6.07, 6.45) is -3.94. The Kier molecular flexibility index (Phi) is 4.97. The standard InChI is InChI=1S/C20H17F3N4O2S/c1-3-12-4-6-13(7-5-12)16-24-18-27(26-16)17(28)25-19(30-18,20(21,22)23)14-8-10-15(29-2)11-9-14/h4-11H,3H2,1-2H3,(H,25,28). The fourth-order valence-corrected chi connectivity index (χ4v) is 4.25. The minimum atomic E-state index is -4.79. The number of hydrogen-bond acceptors (Lipinski definition) is 5. The number of amides is 1. The highest BCUT2D eigenvalue weighted by Gasteiger charge is 2.61. The van der Waals surface area contributed by atoms with Gasteiger partial charge in [0.05, 0.1) is 7.11 Å². The lowest BCUT2D eigenvalue weighted by Gasteiger charge is -2.37. The second-order valence-corrected chi connectivity index (χ2v) is 7.80. The first kappa shape index (κ1) is 20.3. The maximum absolute atomic E-state index is 14.2. The molecule has 1 N–H and O–H groups in total. The van der Waals surface area contributed by atoms with E-state index >= 15 is 0 Å². The zero-order chi connectivity index (χ0) is 21.5. The predicted octanol–water partition coefficient (Wildman–Crippen LogP) is 4.59. The highest BCUT2D eigenvalue weighted by molar-refractivity contribution is 8.00. The molecule has 0 saturated carbocycles. The maximum atomic E-state index is 14.2. The highest BCUT2D eigenvalue weighted by Crippen LogP contribution is 2.52. The van der Waals surface area contributed by atoms with Crippen molar-refractivity contribution < 1.29 is 22.7 Å². The van der Waals surface area contributed by atoms with Crippen LogP contribution in [-0.4, -0.2) is 34.1 Å². The molecule has 0 radical (unpaired) electrons. The average molecular weight is 434 g/mol. The second-order valence-electron chi connectivity index (χ2n) is 6.62. The summed E-state index contributed by atoms with van der Waals surface area (Å²) in [5.74, 6) is 0.590. The van der Waals surface area contributed by atoms with Gasteiger partial charge < -0.3 is 10.1 Å². The predicted molar refractivity (Wildman–Crippen MR) is 105 cm³/mol. The van der Waals surface area contributed by atoms with Crippen LogP contribution in [0.15, 0.2) is 53.7 Å². The van der Waals surface area contributed by atoms with Gasteiger partial charge in [-0.15, -0.1) is 5.10 Å². The number of aryl methyl sites for hydroxylation is 1. The average Bonchev–Trinajstić information content (AvgIpc) is 3.17. The van der Waals surface area contributed by atoms with Crippen molar-refractivity contribution in [2.45, 2.75) is 29.5 Å². The summed E-state index contributed by atoms with van der Waals surface area (Å²) in [4.78, 5) is 14.1. The lowest BCUT2D eigenvalue weighted by atomic mass is 10.1. The molecule has 10 heteroatoms. The molecule has 0 bridgehead atoms. The molecule has 1 aliphatic rings. The van der Waals surface area contributed by atoms with Crippen molar-refractivity contribution in [3.63, 3.8) is 0 Å². The summed E-state index contributed by atoms with van der Waals surface area (Å²) in [6.45, 7) is 2.01. The molecular formula is C20H17F3N4O2S. The Morgan fingerprint density at radius 3 is 2.37 bits per heavy atom. The number of aromatic nitrogens is 3. The topological polar surface area (TPSA) is 69.0 Å². The minimum Gasteiger partial charge on any atom is -0.497 e. The number of thioether (sulfide) groups is 1. The fourth-order valence-electron chi connectivity index (χ4n) is 3.12. The summed E-state index contributed by atoms with van der Waals surface area (Å²) in [5.41, 5.74) is 1.58. The molecule has 1 aliphatic heterocycles. The van der Waals surface area contributed by atoms with Crippen molar-refractivity contribution in [1.29, 1.82) is 0 Å². The molecular weight excluding hydrogens is 417 g/mol. The Labute approximate surface area is 174 Å². The maximum Gasteiger partial charge on any atom is 0.425 e. The quantitative estimate of drug-likeness (QED) is 0.650. The van der Waals surface area contributed by atoms with Crippen molar-refractivity contribution in [1.82, 2.24) is 20.1 Å². The Bertz CT molecular complexity index is 1080. The molecule has 1 atom stereocenters. The van der Waals surface area contributed by atoms with E-state index in [9.17, 15) is 18.0 Å². The third-order valence-corrected chi connectivity index (χ3v) is 6.14. The largest absolute Gasteiger partial charge is 0.497 e. The molecule has 1 unspecified atom stereocenters. The van der Waals surface area contributed by atoms with E-state index in [1.807, 2.05) is 19.1 Å². The number of nitrogens with zero attached hydrogens (tertiary/aromatic N) is 3. The van der Waals surface area contributed by atoms with Crippen LogP contribution in [0.5, 0.6) is 5.75 Å². The van der Waals surface area contributed by atoms with Crippen molar-refractivity contribution in [2.75, 3.05) is 7.11 Å². The number of ether oxygens (including phenoxy) is 1. The molecule has 1 aromatic heterocycles. The van der Waals surface area contributed by atoms with Crippen LogP contribution < -0.4 is 10.1 Å². The molecule has 0 saturated heterocycles. The number of nitrogens with one attached hydrogen (secondary N) is 1. The monoisotopic (exact) mass is 434 g/mol. The van der Waals surface area contributed by atoms with Crippen LogP contribution >= 0.6 is 11.8 Å². The molecule has 4 rings (SSSR count). The second kappa shape index (κ2) is 7.35. The van der Waals surface area contributed by atoms with E-state index in [2.05, 4.69) is 15.4 Å². The van der Waals surface area contributed by atoms with Gasteiger partial charge in [-0.05, 0) is 41.4 Å². The molecule has 6 nitrogen and oxygen atoms in total. The summed E-state index contributed by atoms with van der Waals surface area (Å²) in [7, 11) is 1.42. The number of halogens is 3. The van der Waals surface area contributed by atoms with Gasteiger partial charge in [-0.1, -0.05) is 43.3 Å². The van der Waals surface area contributed by atoms with Crippen LogP contribution in [0.1, 0.15) is 18.1 Å². The third kappa shape index (κ3) is 3.30. The highest BCUT2D eigenvalue weighted by atomic mass is 32.2. The van der Waals surface area contributed by atoms with E-state index in [0.29, 0.717) is 23.1 Å². The Balaban J connectivity index is 1.77. The van der Waals surface area contributed by atoms with E-state index in [0.717, 1.165) is 16.7 Å². The Morgan fingerprint density at radius 2 is 1.80 bits per heavy atom. The van der Waals surface area contributed by atoms with Gasteiger partial charge in [0, 0.05) is 5.56 Å². The Morgan fingerprint density at radius 1 is 1.13 bits per heavy atom. The summed E-state index contributed by atoms with van der Waals surface area (Å²) in [5, 5.41) is 6.06. The SMILES string of the molecule is CCc1ccc(-c2nc3n(n2)C(=O)NC(c2ccc(OC)cc2)(C(F)(F)F)S3)cc1. The third-order valence-electron chi connectivity index (χ3n) is 4.81. The summed E-state index contributed by atoms with van der Waals surface area (Å²) in [6, 6.07) is 11.7. The van der Waals surface area contributed by atoms with Gasteiger partial charge in [0.25, 0.3) is 0 Å². The first-order valence-electron chi connectivity index (χ1n) is 9.06. The number of fused-ring (bicyclic) bond motifs is 1. The van der Waals surface area contributed by atoms with Gasteiger partial charge in [-0.2, -0.15) is 17.9 Å². The Hall–Kier alpha value is -3.01. The lowest BCUT2D eigenvalue weighted by molar-refractivity contribution is -0.168. The van der Waals surface area contributed by atoms with Crippen LogP contribution in [0.4, 0.5) is 18.0 Å². The number of benzene rings is 2. The minimum absolute atomic E-state index is 0.138. The van der Waals surface area contributed by atoms with E-state index < -0.39 is 17.1 Å². The molecule has 156 valence electrons. The van der Waals surface area contributed by atoms with Crippen LogP contribution in [-0.2, 0) is 11.3 Å². The molecule has 1 amide bonds. The van der Waals surface area contributed by atoms with Crippen LogP contribution in [0, 0.1) is 0 Å². The first-order valence-corrected chi connectivity index (χ1v) is 9.88. The zero-order valence-corrected chi connectivity index (χ0v) is 16.8. The smallest absolute Gasteiger partial charge is 0.425 e. The number of alkyl halides is 3. The van der Waals surface area contributed by atoms with Crippen LogP contribution in [0.3, 0.4) is 0 Å². The molecule has 3 aromatic rings. The molecule has 30 heavy (non-hydrogen) atoms. The van der Waals surface area contributed by atoms with E-state index in [1.54, 1.807) is 12.1 Å². The number of rotatable bonds is 4.